The number of anilines is 1. The van der Waals surface area contributed by atoms with E-state index in [1.165, 1.54) is 0 Å². The van der Waals surface area contributed by atoms with Crippen LogP contribution in [0.25, 0.3) is 11.1 Å². The molecule has 2 aromatic rings. The first-order valence-electron chi connectivity index (χ1n) is 10.1. The van der Waals surface area contributed by atoms with Crippen molar-refractivity contribution in [1.29, 1.82) is 0 Å². The number of carbonyl (C=O) groups excluding carboxylic acids is 1. The van der Waals surface area contributed by atoms with Crippen LogP contribution in [0.5, 0.6) is 5.75 Å². The number of carboxylic acid groups (broad SMARTS) is 1. The first-order chi connectivity index (χ1) is 13.6. The van der Waals surface area contributed by atoms with Crippen LogP contribution in [0.3, 0.4) is 0 Å². The Morgan fingerprint density at radius 2 is 1.93 bits per heavy atom. The van der Waals surface area contributed by atoms with Crippen molar-refractivity contribution in [2.45, 2.75) is 45.6 Å². The van der Waals surface area contributed by atoms with Crippen LogP contribution >= 0.6 is 0 Å². The summed E-state index contributed by atoms with van der Waals surface area (Å²) in [7, 11) is 0. The van der Waals surface area contributed by atoms with Gasteiger partial charge in [-0.3, -0.25) is 9.59 Å². The number of Topliss-reactive ketones (excluding diaryl/α,β-unsaturated/α-hetero) is 1. The quantitative estimate of drug-likeness (QED) is 0.813. The predicted molar refractivity (Wildman–Crippen MR) is 113 cm³/mol. The topological polar surface area (TPSA) is 66.8 Å². The Hall–Kier alpha value is -2.82. The molecule has 0 atom stereocenters. The van der Waals surface area contributed by atoms with E-state index in [1.54, 1.807) is 0 Å². The van der Waals surface area contributed by atoms with Crippen molar-refractivity contribution >= 4 is 17.4 Å². The number of ether oxygens (including phenoxy) is 1. The lowest BCUT2D eigenvalue weighted by Gasteiger charge is -2.39. The summed E-state index contributed by atoms with van der Waals surface area (Å²) in [5, 5.41) is 9.14. The zero-order valence-corrected chi connectivity index (χ0v) is 17.4. The van der Waals surface area contributed by atoms with Crippen LogP contribution in [-0.4, -0.2) is 35.5 Å². The normalized spacial score (nSPS) is 18.2. The maximum atomic E-state index is 13.0. The standard InChI is InChI=1S/C24H27NO4/c1-14(2)16-9-19(22-20(26)11-24(3,4)29-21(22)10-16)15-6-5-7-18(8-15)25-12-17(13-25)23(27)28/h5-10,14,17H,11-13H2,1-4H3,(H,27,28). The summed E-state index contributed by atoms with van der Waals surface area (Å²) in [5.41, 5.74) is 4.10. The van der Waals surface area contributed by atoms with Crippen LogP contribution in [-0.2, 0) is 4.79 Å². The summed E-state index contributed by atoms with van der Waals surface area (Å²) in [6.07, 6.45) is 0.347. The second kappa shape index (κ2) is 6.90. The third-order valence-electron chi connectivity index (χ3n) is 5.80. The third-order valence-corrected chi connectivity index (χ3v) is 5.80. The molecule has 2 aliphatic heterocycles. The maximum Gasteiger partial charge on any atom is 0.310 e. The van der Waals surface area contributed by atoms with Gasteiger partial charge in [0.2, 0.25) is 0 Å². The van der Waals surface area contributed by atoms with Gasteiger partial charge >= 0.3 is 5.97 Å². The van der Waals surface area contributed by atoms with Crippen molar-refractivity contribution in [3.8, 4) is 16.9 Å². The van der Waals surface area contributed by atoms with Crippen LogP contribution in [0, 0.1) is 5.92 Å². The van der Waals surface area contributed by atoms with E-state index in [4.69, 9.17) is 9.84 Å². The summed E-state index contributed by atoms with van der Waals surface area (Å²) in [6, 6.07) is 12.1. The molecule has 0 aromatic heterocycles. The summed E-state index contributed by atoms with van der Waals surface area (Å²) < 4.78 is 6.20. The molecule has 5 nitrogen and oxygen atoms in total. The van der Waals surface area contributed by atoms with Gasteiger partial charge in [0.1, 0.15) is 11.4 Å². The number of fused-ring (bicyclic) bond motifs is 1. The number of rotatable bonds is 4. The number of hydrogen-bond donors (Lipinski definition) is 1. The highest BCUT2D eigenvalue weighted by Crippen LogP contribution is 2.42. The minimum absolute atomic E-state index is 0.0989. The summed E-state index contributed by atoms with van der Waals surface area (Å²) in [6.45, 7) is 9.17. The van der Waals surface area contributed by atoms with Crippen molar-refractivity contribution in [3.05, 3.63) is 47.5 Å². The number of ketones is 1. The van der Waals surface area contributed by atoms with E-state index in [0.29, 0.717) is 36.7 Å². The Morgan fingerprint density at radius 3 is 2.59 bits per heavy atom. The molecule has 29 heavy (non-hydrogen) atoms. The Labute approximate surface area is 171 Å². The van der Waals surface area contributed by atoms with Gasteiger partial charge in [0.15, 0.2) is 5.78 Å². The molecular formula is C24H27NO4. The van der Waals surface area contributed by atoms with E-state index in [1.807, 2.05) is 44.2 Å². The molecule has 2 aromatic carbocycles. The molecular weight excluding hydrogens is 366 g/mol. The van der Waals surface area contributed by atoms with E-state index in [9.17, 15) is 9.59 Å². The lowest BCUT2D eigenvalue weighted by molar-refractivity contribution is -0.142. The van der Waals surface area contributed by atoms with Gasteiger partial charge in [-0.05, 0) is 60.7 Å². The highest BCUT2D eigenvalue weighted by atomic mass is 16.5. The average Bonchev–Trinajstić information content (AvgIpc) is 2.58. The number of aliphatic carboxylic acids is 1. The lowest BCUT2D eigenvalue weighted by Crippen LogP contribution is -2.50. The fourth-order valence-electron chi connectivity index (χ4n) is 4.09. The number of benzene rings is 2. The zero-order chi connectivity index (χ0) is 20.9. The van der Waals surface area contributed by atoms with Gasteiger partial charge in [-0.2, -0.15) is 0 Å². The van der Waals surface area contributed by atoms with Crippen molar-refractivity contribution in [3.63, 3.8) is 0 Å². The molecule has 0 spiro atoms. The van der Waals surface area contributed by atoms with Gasteiger partial charge < -0.3 is 14.7 Å². The van der Waals surface area contributed by atoms with Crippen LogP contribution in [0.4, 0.5) is 5.69 Å². The van der Waals surface area contributed by atoms with E-state index in [2.05, 4.69) is 24.8 Å². The van der Waals surface area contributed by atoms with Gasteiger partial charge in [-0.15, -0.1) is 0 Å². The molecule has 5 heteroatoms. The second-order valence-electron chi connectivity index (χ2n) is 9.05. The summed E-state index contributed by atoms with van der Waals surface area (Å²) >= 11 is 0. The molecule has 0 bridgehead atoms. The SMILES string of the molecule is CC(C)c1cc2c(c(-c3cccc(N4CC(C(=O)O)C4)c3)c1)C(=O)CC(C)(C)O2. The molecule has 0 aliphatic carbocycles. The minimum atomic E-state index is -0.749. The summed E-state index contributed by atoms with van der Waals surface area (Å²) in [5.74, 6) is 0.00152. The third kappa shape index (κ3) is 3.61. The Bertz CT molecular complexity index is 986. The highest BCUT2D eigenvalue weighted by Gasteiger charge is 2.36. The smallest absolute Gasteiger partial charge is 0.310 e. The molecule has 2 aliphatic rings. The fourth-order valence-corrected chi connectivity index (χ4v) is 4.09. The number of hydrogen-bond acceptors (Lipinski definition) is 4. The molecule has 2 heterocycles. The van der Waals surface area contributed by atoms with Crippen LogP contribution < -0.4 is 9.64 Å². The van der Waals surface area contributed by atoms with Crippen molar-refractivity contribution in [1.82, 2.24) is 0 Å². The number of nitrogens with zero attached hydrogens (tertiary/aromatic N) is 1. The number of carbonyl (C=O) groups is 2. The second-order valence-corrected chi connectivity index (χ2v) is 9.05. The highest BCUT2D eigenvalue weighted by molar-refractivity contribution is 6.06. The van der Waals surface area contributed by atoms with Crippen LogP contribution in [0.1, 0.15) is 56.0 Å². The molecule has 0 saturated carbocycles. The lowest BCUT2D eigenvalue weighted by atomic mass is 9.85. The van der Waals surface area contributed by atoms with E-state index in [-0.39, 0.29) is 11.7 Å². The van der Waals surface area contributed by atoms with E-state index in [0.717, 1.165) is 22.4 Å². The molecule has 0 amide bonds. The Balaban J connectivity index is 1.77. The van der Waals surface area contributed by atoms with E-state index >= 15 is 0 Å². The van der Waals surface area contributed by atoms with Gasteiger partial charge in [0.05, 0.1) is 17.9 Å². The van der Waals surface area contributed by atoms with Gasteiger partial charge in [-0.1, -0.05) is 26.0 Å². The molecule has 1 saturated heterocycles. The first kappa shape index (κ1) is 19.5. The molecule has 4 rings (SSSR count). The average molecular weight is 393 g/mol. The van der Waals surface area contributed by atoms with Crippen LogP contribution in [0.2, 0.25) is 0 Å². The maximum absolute atomic E-state index is 13.0. The molecule has 0 unspecified atom stereocenters. The predicted octanol–water partition coefficient (Wildman–Crippen LogP) is 4.74. The Kier molecular flexibility index (Phi) is 4.64. The monoisotopic (exact) mass is 393 g/mol. The molecule has 1 fully saturated rings. The van der Waals surface area contributed by atoms with E-state index < -0.39 is 11.6 Å². The minimum Gasteiger partial charge on any atom is -0.487 e. The molecule has 0 radical (unpaired) electrons. The number of carboxylic acids is 1. The fraction of sp³-hybridized carbons (Fsp3) is 0.417. The first-order valence-corrected chi connectivity index (χ1v) is 10.1. The zero-order valence-electron chi connectivity index (χ0n) is 17.4. The van der Waals surface area contributed by atoms with Crippen LogP contribution in [0.15, 0.2) is 36.4 Å². The van der Waals surface area contributed by atoms with Gasteiger partial charge in [0.25, 0.3) is 0 Å². The Morgan fingerprint density at radius 1 is 1.21 bits per heavy atom. The molecule has 1 N–H and O–H groups in total. The van der Waals surface area contributed by atoms with Crippen molar-refractivity contribution in [2.75, 3.05) is 18.0 Å². The van der Waals surface area contributed by atoms with Gasteiger partial charge in [0, 0.05) is 18.8 Å². The van der Waals surface area contributed by atoms with Crippen molar-refractivity contribution < 1.29 is 19.4 Å². The molecule has 152 valence electrons. The summed E-state index contributed by atoms with van der Waals surface area (Å²) in [4.78, 5) is 26.2. The van der Waals surface area contributed by atoms with Gasteiger partial charge in [-0.25, -0.2) is 0 Å². The largest absolute Gasteiger partial charge is 0.487 e. The van der Waals surface area contributed by atoms with Crippen molar-refractivity contribution in [2.24, 2.45) is 5.92 Å².